The number of benzene rings is 1. The van der Waals surface area contributed by atoms with E-state index in [9.17, 15) is 9.59 Å². The number of amides is 1. The molecule has 1 aliphatic rings. The Hall–Kier alpha value is -2.96. The molecule has 1 aromatic heterocycles. The maximum atomic E-state index is 12.7. The van der Waals surface area contributed by atoms with Crippen molar-refractivity contribution in [3.05, 3.63) is 47.8 Å². The lowest BCUT2D eigenvalue weighted by Gasteiger charge is -2.20. The second-order valence-corrected chi connectivity index (χ2v) is 6.36. The van der Waals surface area contributed by atoms with Crippen LogP contribution in [0.3, 0.4) is 0 Å². The highest BCUT2D eigenvalue weighted by Gasteiger charge is 2.18. The average molecular weight is 368 g/mol. The Morgan fingerprint density at radius 2 is 1.85 bits per heavy atom. The summed E-state index contributed by atoms with van der Waals surface area (Å²) in [7, 11) is 0. The minimum Gasteiger partial charge on any atom is -0.462 e. The molecule has 1 aliphatic heterocycles. The maximum Gasteiger partial charge on any atom is 0.340 e. The van der Waals surface area contributed by atoms with Crippen LogP contribution < -0.4 is 10.2 Å². The Bertz CT molecular complexity index is 801. The van der Waals surface area contributed by atoms with Crippen molar-refractivity contribution >= 4 is 23.5 Å². The summed E-state index contributed by atoms with van der Waals surface area (Å²) in [6.45, 7) is 3.81. The Balaban J connectivity index is 1.77. The van der Waals surface area contributed by atoms with Gasteiger partial charge in [0.2, 0.25) is 5.95 Å². The first-order valence-electron chi connectivity index (χ1n) is 9.34. The summed E-state index contributed by atoms with van der Waals surface area (Å²) in [5, 5.41) is 2.76. The van der Waals surface area contributed by atoms with Crippen LogP contribution in [0.1, 0.15) is 53.5 Å². The quantitative estimate of drug-likeness (QED) is 0.815. The van der Waals surface area contributed by atoms with E-state index in [4.69, 9.17) is 4.74 Å². The largest absolute Gasteiger partial charge is 0.462 e. The van der Waals surface area contributed by atoms with Crippen LogP contribution in [0.2, 0.25) is 0 Å². The Morgan fingerprint density at radius 3 is 2.59 bits per heavy atom. The first-order valence-corrected chi connectivity index (χ1v) is 9.34. The zero-order chi connectivity index (χ0) is 19.1. The molecule has 2 aromatic rings. The van der Waals surface area contributed by atoms with Gasteiger partial charge in [-0.25, -0.2) is 14.8 Å². The van der Waals surface area contributed by atoms with E-state index in [2.05, 4.69) is 20.2 Å². The first kappa shape index (κ1) is 18.8. The fourth-order valence-electron chi connectivity index (χ4n) is 3.06. The first-order chi connectivity index (χ1) is 13.2. The number of aromatic nitrogens is 2. The topological polar surface area (TPSA) is 84.4 Å². The second-order valence-electron chi connectivity index (χ2n) is 6.36. The minimum absolute atomic E-state index is 0.267. The third-order valence-corrected chi connectivity index (χ3v) is 4.44. The highest BCUT2D eigenvalue weighted by Crippen LogP contribution is 2.19. The van der Waals surface area contributed by atoms with E-state index in [1.807, 2.05) is 0 Å². The number of ether oxygens (including phenoxy) is 1. The summed E-state index contributed by atoms with van der Waals surface area (Å²) in [5.74, 6) is -0.283. The van der Waals surface area contributed by atoms with E-state index >= 15 is 0 Å². The predicted octanol–water partition coefficient (Wildman–Crippen LogP) is 3.29. The van der Waals surface area contributed by atoms with Crippen LogP contribution in [0.25, 0.3) is 0 Å². The van der Waals surface area contributed by atoms with E-state index in [1.54, 1.807) is 43.5 Å². The second kappa shape index (κ2) is 9.12. The van der Waals surface area contributed by atoms with Crippen molar-refractivity contribution < 1.29 is 14.3 Å². The SMILES string of the molecule is CCOC(=O)c1ccccc1NC(=O)c1ccnc(N2CCCCCC2)n1. The van der Waals surface area contributed by atoms with Gasteiger partial charge in [-0.1, -0.05) is 25.0 Å². The number of esters is 1. The number of hydrogen-bond acceptors (Lipinski definition) is 6. The zero-order valence-corrected chi connectivity index (χ0v) is 15.5. The Labute approximate surface area is 158 Å². The molecule has 0 bridgehead atoms. The fourth-order valence-corrected chi connectivity index (χ4v) is 3.06. The summed E-state index contributed by atoms with van der Waals surface area (Å²) in [5.41, 5.74) is 0.980. The molecule has 1 aromatic carbocycles. The molecule has 1 saturated heterocycles. The molecular formula is C20H24N4O3. The summed E-state index contributed by atoms with van der Waals surface area (Å²) < 4.78 is 5.04. The molecule has 2 heterocycles. The molecule has 0 aliphatic carbocycles. The van der Waals surface area contributed by atoms with Gasteiger partial charge in [-0.15, -0.1) is 0 Å². The van der Waals surface area contributed by atoms with Gasteiger partial charge in [0.25, 0.3) is 5.91 Å². The molecule has 0 spiro atoms. The fraction of sp³-hybridized carbons (Fsp3) is 0.400. The van der Waals surface area contributed by atoms with Gasteiger partial charge >= 0.3 is 5.97 Å². The molecule has 3 rings (SSSR count). The van der Waals surface area contributed by atoms with Crippen molar-refractivity contribution in [3.63, 3.8) is 0 Å². The van der Waals surface area contributed by atoms with Gasteiger partial charge in [0.15, 0.2) is 0 Å². The molecule has 0 saturated carbocycles. The molecule has 27 heavy (non-hydrogen) atoms. The summed E-state index contributed by atoms with van der Waals surface area (Å²) in [6, 6.07) is 8.34. The number of hydrogen-bond donors (Lipinski definition) is 1. The molecule has 0 unspecified atom stereocenters. The van der Waals surface area contributed by atoms with Gasteiger partial charge in [-0.2, -0.15) is 0 Å². The predicted molar refractivity (Wildman–Crippen MR) is 103 cm³/mol. The van der Waals surface area contributed by atoms with E-state index in [-0.39, 0.29) is 18.2 Å². The average Bonchev–Trinajstić information content (AvgIpc) is 2.98. The molecule has 7 nitrogen and oxygen atoms in total. The standard InChI is InChI=1S/C20H24N4O3/c1-2-27-19(26)15-9-5-6-10-16(15)22-18(25)17-11-12-21-20(23-17)24-13-7-3-4-8-14-24/h5-6,9-12H,2-4,7-8,13-14H2,1H3,(H,22,25). The number of para-hydroxylation sites is 1. The van der Waals surface area contributed by atoms with Crippen LogP contribution in [0.15, 0.2) is 36.5 Å². The van der Waals surface area contributed by atoms with Gasteiger partial charge in [-0.05, 0) is 38.0 Å². The summed E-state index contributed by atoms with van der Waals surface area (Å²) in [4.78, 5) is 35.6. The molecule has 1 amide bonds. The third kappa shape index (κ3) is 4.81. The van der Waals surface area contributed by atoms with Crippen LogP contribution in [-0.4, -0.2) is 41.5 Å². The molecular weight excluding hydrogens is 344 g/mol. The van der Waals surface area contributed by atoms with Gasteiger partial charge in [0.05, 0.1) is 17.9 Å². The molecule has 1 fully saturated rings. The van der Waals surface area contributed by atoms with Crippen molar-refractivity contribution in [2.75, 3.05) is 29.9 Å². The van der Waals surface area contributed by atoms with Gasteiger partial charge in [-0.3, -0.25) is 4.79 Å². The van der Waals surface area contributed by atoms with E-state index in [0.29, 0.717) is 17.2 Å². The molecule has 0 radical (unpaired) electrons. The number of anilines is 2. The zero-order valence-electron chi connectivity index (χ0n) is 15.5. The normalized spacial score (nSPS) is 14.3. The van der Waals surface area contributed by atoms with Crippen molar-refractivity contribution in [1.82, 2.24) is 9.97 Å². The molecule has 142 valence electrons. The van der Waals surface area contributed by atoms with Gasteiger partial charge in [0, 0.05) is 19.3 Å². The molecule has 1 N–H and O–H groups in total. The van der Waals surface area contributed by atoms with Crippen molar-refractivity contribution in [3.8, 4) is 0 Å². The van der Waals surface area contributed by atoms with E-state index < -0.39 is 5.97 Å². The third-order valence-electron chi connectivity index (χ3n) is 4.44. The molecule has 7 heteroatoms. The summed E-state index contributed by atoms with van der Waals surface area (Å²) in [6.07, 6.45) is 6.22. The summed E-state index contributed by atoms with van der Waals surface area (Å²) >= 11 is 0. The van der Waals surface area contributed by atoms with Crippen molar-refractivity contribution in [1.29, 1.82) is 0 Å². The van der Waals surface area contributed by atoms with Gasteiger partial charge in [0.1, 0.15) is 5.69 Å². The Morgan fingerprint density at radius 1 is 1.11 bits per heavy atom. The van der Waals surface area contributed by atoms with E-state index in [1.165, 1.54) is 12.8 Å². The van der Waals surface area contributed by atoms with Crippen LogP contribution >= 0.6 is 0 Å². The lowest BCUT2D eigenvalue weighted by molar-refractivity contribution is 0.0527. The van der Waals surface area contributed by atoms with Crippen molar-refractivity contribution in [2.45, 2.75) is 32.6 Å². The maximum absolute atomic E-state index is 12.7. The van der Waals surface area contributed by atoms with Gasteiger partial charge < -0.3 is 15.0 Å². The number of nitrogens with zero attached hydrogens (tertiary/aromatic N) is 3. The lowest BCUT2D eigenvalue weighted by atomic mass is 10.1. The smallest absolute Gasteiger partial charge is 0.340 e. The van der Waals surface area contributed by atoms with Crippen LogP contribution in [0.5, 0.6) is 0 Å². The Kier molecular flexibility index (Phi) is 6.35. The van der Waals surface area contributed by atoms with Crippen LogP contribution in [0, 0.1) is 0 Å². The minimum atomic E-state index is -0.471. The number of carbonyl (C=O) groups excluding carboxylic acids is 2. The van der Waals surface area contributed by atoms with Crippen molar-refractivity contribution in [2.24, 2.45) is 0 Å². The number of nitrogens with one attached hydrogen (secondary N) is 1. The lowest BCUT2D eigenvalue weighted by Crippen LogP contribution is -2.27. The van der Waals surface area contributed by atoms with Crippen LogP contribution in [-0.2, 0) is 4.74 Å². The van der Waals surface area contributed by atoms with E-state index in [0.717, 1.165) is 25.9 Å². The highest BCUT2D eigenvalue weighted by molar-refractivity contribution is 6.07. The van der Waals surface area contributed by atoms with Crippen LogP contribution in [0.4, 0.5) is 11.6 Å². The number of carbonyl (C=O) groups is 2. The highest BCUT2D eigenvalue weighted by atomic mass is 16.5. The monoisotopic (exact) mass is 368 g/mol. The number of rotatable bonds is 5. The molecule has 0 atom stereocenters.